The van der Waals surface area contributed by atoms with Gasteiger partial charge in [0.1, 0.15) is 11.5 Å². The minimum atomic E-state index is 0.666. The van der Waals surface area contributed by atoms with Crippen molar-refractivity contribution in [2.45, 2.75) is 26.2 Å². The highest BCUT2D eigenvalue weighted by Crippen LogP contribution is 2.36. The molecule has 2 aromatic heterocycles. The molecule has 0 saturated heterocycles. The molecule has 4 nitrogen and oxygen atoms in total. The first-order chi connectivity index (χ1) is 11.8. The number of nitrogens with zero attached hydrogens (tertiary/aromatic N) is 3. The Balaban J connectivity index is 1.87. The molecule has 5 heteroatoms. The molecule has 1 N–H and O–H groups in total. The average molecular weight is 334 g/mol. The second kappa shape index (κ2) is 6.14. The van der Waals surface area contributed by atoms with E-state index in [4.69, 9.17) is 10.4 Å². The number of fused-ring (bicyclic) bond motifs is 1. The van der Waals surface area contributed by atoms with Crippen LogP contribution in [-0.4, -0.2) is 16.3 Å². The van der Waals surface area contributed by atoms with Gasteiger partial charge in [0.05, 0.1) is 22.2 Å². The monoisotopic (exact) mass is 334 g/mol. The van der Waals surface area contributed by atoms with E-state index in [9.17, 15) is 0 Å². The van der Waals surface area contributed by atoms with E-state index in [2.05, 4.69) is 30.4 Å². The summed E-state index contributed by atoms with van der Waals surface area (Å²) in [5.74, 6) is 1.10. The smallest absolute Gasteiger partial charge is 0.133 e. The zero-order chi connectivity index (χ0) is 16.5. The molecule has 0 saturated carbocycles. The standard InChI is InChI=1S/C19H18N4S/c1-13-5-10-17(24-13)18-16-4-2-3-11-21-19(16)23(22-18)15-8-6-14(12-20)7-9-15/h5-10,21H,2-4,11H2,1H3. The van der Waals surface area contributed by atoms with Crippen LogP contribution in [0.3, 0.4) is 0 Å². The first-order valence-corrected chi connectivity index (χ1v) is 9.01. The van der Waals surface area contributed by atoms with Gasteiger partial charge in [0.2, 0.25) is 0 Å². The molecule has 0 spiro atoms. The number of hydrogen-bond donors (Lipinski definition) is 1. The van der Waals surface area contributed by atoms with Crippen LogP contribution in [0, 0.1) is 18.3 Å². The van der Waals surface area contributed by atoms with Crippen LogP contribution in [0.15, 0.2) is 36.4 Å². The highest BCUT2D eigenvalue weighted by Gasteiger charge is 2.22. The lowest BCUT2D eigenvalue weighted by Gasteiger charge is -2.09. The first-order valence-electron chi connectivity index (χ1n) is 8.19. The van der Waals surface area contributed by atoms with Crippen molar-refractivity contribution < 1.29 is 0 Å². The van der Waals surface area contributed by atoms with Crippen molar-refractivity contribution >= 4 is 17.2 Å². The quantitative estimate of drug-likeness (QED) is 0.749. The van der Waals surface area contributed by atoms with Gasteiger partial charge in [0, 0.05) is 17.0 Å². The minimum absolute atomic E-state index is 0.666. The zero-order valence-corrected chi connectivity index (χ0v) is 14.4. The van der Waals surface area contributed by atoms with Crippen LogP contribution < -0.4 is 5.32 Å². The number of nitriles is 1. The predicted octanol–water partition coefficient (Wildman–Crippen LogP) is 4.53. The fourth-order valence-corrected chi connectivity index (χ4v) is 4.01. The maximum Gasteiger partial charge on any atom is 0.133 e. The van der Waals surface area contributed by atoms with Crippen molar-refractivity contribution in [3.8, 4) is 22.3 Å². The molecule has 4 rings (SSSR count). The Bertz CT molecular complexity index is 912. The molecule has 3 heterocycles. The van der Waals surface area contributed by atoms with Gasteiger partial charge in [-0.1, -0.05) is 0 Å². The van der Waals surface area contributed by atoms with Crippen molar-refractivity contribution in [1.82, 2.24) is 9.78 Å². The normalized spacial score (nSPS) is 13.7. The molecule has 0 fully saturated rings. The molecule has 1 aliphatic rings. The van der Waals surface area contributed by atoms with Crippen molar-refractivity contribution in [2.75, 3.05) is 11.9 Å². The Morgan fingerprint density at radius 2 is 2.00 bits per heavy atom. The van der Waals surface area contributed by atoms with E-state index >= 15 is 0 Å². The van der Waals surface area contributed by atoms with Crippen molar-refractivity contribution in [2.24, 2.45) is 0 Å². The lowest BCUT2D eigenvalue weighted by molar-refractivity contribution is 0.780. The Morgan fingerprint density at radius 1 is 1.17 bits per heavy atom. The van der Waals surface area contributed by atoms with E-state index < -0.39 is 0 Å². The number of benzene rings is 1. The van der Waals surface area contributed by atoms with Crippen molar-refractivity contribution in [3.05, 3.63) is 52.4 Å². The number of thiophene rings is 1. The van der Waals surface area contributed by atoms with Crippen LogP contribution in [0.25, 0.3) is 16.3 Å². The van der Waals surface area contributed by atoms with Crippen LogP contribution in [-0.2, 0) is 6.42 Å². The molecule has 24 heavy (non-hydrogen) atoms. The second-order valence-corrected chi connectivity index (χ2v) is 7.33. The minimum Gasteiger partial charge on any atom is -0.370 e. The third-order valence-corrected chi connectivity index (χ3v) is 5.35. The highest BCUT2D eigenvalue weighted by molar-refractivity contribution is 7.15. The third-order valence-electron chi connectivity index (χ3n) is 4.34. The van der Waals surface area contributed by atoms with Crippen LogP contribution in [0.5, 0.6) is 0 Å². The first kappa shape index (κ1) is 15.0. The average Bonchev–Trinajstić information content (AvgIpc) is 3.10. The third kappa shape index (κ3) is 2.59. The number of nitrogens with one attached hydrogen (secondary N) is 1. The van der Waals surface area contributed by atoms with Crippen molar-refractivity contribution in [3.63, 3.8) is 0 Å². The van der Waals surface area contributed by atoms with Crippen LogP contribution in [0.4, 0.5) is 5.82 Å². The maximum atomic E-state index is 9.00. The summed E-state index contributed by atoms with van der Waals surface area (Å²) < 4.78 is 1.99. The second-order valence-electron chi connectivity index (χ2n) is 6.04. The summed E-state index contributed by atoms with van der Waals surface area (Å²) in [7, 11) is 0. The fraction of sp³-hybridized carbons (Fsp3) is 0.263. The van der Waals surface area contributed by atoms with Gasteiger partial charge in [-0.15, -0.1) is 11.3 Å². The Kier molecular flexibility index (Phi) is 3.83. The van der Waals surface area contributed by atoms with E-state index in [1.54, 1.807) is 11.3 Å². The lowest BCUT2D eigenvalue weighted by Crippen LogP contribution is -2.07. The van der Waals surface area contributed by atoms with Gasteiger partial charge in [-0.3, -0.25) is 0 Å². The van der Waals surface area contributed by atoms with Gasteiger partial charge in [-0.25, -0.2) is 4.68 Å². The predicted molar refractivity (Wildman–Crippen MR) is 97.8 cm³/mol. The number of aromatic nitrogens is 2. The molecule has 0 atom stereocenters. The summed E-state index contributed by atoms with van der Waals surface area (Å²) in [6, 6.07) is 14.1. The van der Waals surface area contributed by atoms with Gasteiger partial charge < -0.3 is 5.32 Å². The van der Waals surface area contributed by atoms with E-state index in [1.807, 2.05) is 28.9 Å². The maximum absolute atomic E-state index is 9.00. The number of anilines is 1. The van der Waals surface area contributed by atoms with E-state index in [0.717, 1.165) is 30.2 Å². The van der Waals surface area contributed by atoms with E-state index in [-0.39, 0.29) is 0 Å². The summed E-state index contributed by atoms with van der Waals surface area (Å²) in [5, 5.41) is 17.5. The summed E-state index contributed by atoms with van der Waals surface area (Å²) in [6.07, 6.45) is 3.40. The summed E-state index contributed by atoms with van der Waals surface area (Å²) in [4.78, 5) is 2.52. The van der Waals surface area contributed by atoms with Crippen LogP contribution in [0.2, 0.25) is 0 Å². The van der Waals surface area contributed by atoms with Crippen molar-refractivity contribution in [1.29, 1.82) is 5.26 Å². The molecular weight excluding hydrogens is 316 g/mol. The number of hydrogen-bond acceptors (Lipinski definition) is 4. The van der Waals surface area contributed by atoms with Gasteiger partial charge in [-0.2, -0.15) is 10.4 Å². The van der Waals surface area contributed by atoms with E-state index in [0.29, 0.717) is 5.56 Å². The molecule has 3 aromatic rings. The SMILES string of the molecule is Cc1ccc(-c2nn(-c3ccc(C#N)cc3)c3c2CCCCN3)s1. The molecule has 0 bridgehead atoms. The molecule has 0 aliphatic carbocycles. The summed E-state index contributed by atoms with van der Waals surface area (Å²) in [6.45, 7) is 3.10. The summed E-state index contributed by atoms with van der Waals surface area (Å²) in [5.41, 5.74) is 4.04. The van der Waals surface area contributed by atoms with E-state index in [1.165, 1.54) is 28.2 Å². The number of rotatable bonds is 2. The van der Waals surface area contributed by atoms with Gasteiger partial charge >= 0.3 is 0 Å². The van der Waals surface area contributed by atoms with Gasteiger partial charge in [0.25, 0.3) is 0 Å². The fourth-order valence-electron chi connectivity index (χ4n) is 3.13. The lowest BCUT2D eigenvalue weighted by atomic mass is 10.1. The highest BCUT2D eigenvalue weighted by atomic mass is 32.1. The summed E-state index contributed by atoms with van der Waals surface area (Å²) >= 11 is 1.79. The van der Waals surface area contributed by atoms with Gasteiger partial charge in [-0.05, 0) is 62.6 Å². The van der Waals surface area contributed by atoms with Crippen LogP contribution in [0.1, 0.15) is 28.8 Å². The number of aryl methyl sites for hydroxylation is 1. The van der Waals surface area contributed by atoms with Crippen LogP contribution >= 0.6 is 11.3 Å². The largest absolute Gasteiger partial charge is 0.370 e. The topological polar surface area (TPSA) is 53.6 Å². The Morgan fingerprint density at radius 3 is 2.71 bits per heavy atom. The molecule has 120 valence electrons. The molecule has 0 unspecified atom stereocenters. The molecule has 1 aromatic carbocycles. The molecule has 0 amide bonds. The molecular formula is C19H18N4S. The zero-order valence-electron chi connectivity index (χ0n) is 13.5. The Labute approximate surface area is 145 Å². The molecule has 1 aliphatic heterocycles. The van der Waals surface area contributed by atoms with Gasteiger partial charge in [0.15, 0.2) is 0 Å². The Hall–Kier alpha value is -2.58. The molecule has 0 radical (unpaired) electrons.